The largest absolute Gasteiger partial charge is 0.482 e. The van der Waals surface area contributed by atoms with Gasteiger partial charge in [-0.1, -0.05) is 27.5 Å². The van der Waals surface area contributed by atoms with Crippen molar-refractivity contribution in [3.8, 4) is 5.75 Å². The lowest BCUT2D eigenvalue weighted by molar-refractivity contribution is -0.118. The number of anilines is 2. The molecule has 0 heterocycles. The molecule has 0 saturated heterocycles. The molecular formula is C14H11Br2ClN2O2. The average Bonchev–Trinajstić information content (AvgIpc) is 2.41. The van der Waals surface area contributed by atoms with Crippen molar-refractivity contribution in [3.63, 3.8) is 0 Å². The Morgan fingerprint density at radius 2 is 2.00 bits per heavy atom. The zero-order valence-corrected chi connectivity index (χ0v) is 14.6. The average molecular weight is 435 g/mol. The lowest BCUT2D eigenvalue weighted by Gasteiger charge is -2.10. The molecule has 0 fully saturated rings. The smallest absolute Gasteiger partial charge is 0.262 e. The van der Waals surface area contributed by atoms with E-state index in [1.807, 2.05) is 0 Å². The molecule has 4 nitrogen and oxygen atoms in total. The van der Waals surface area contributed by atoms with E-state index >= 15 is 0 Å². The zero-order valence-electron chi connectivity index (χ0n) is 10.7. The van der Waals surface area contributed by atoms with Crippen LogP contribution in [0.2, 0.25) is 5.02 Å². The molecule has 0 aromatic heterocycles. The molecule has 0 aliphatic carbocycles. The van der Waals surface area contributed by atoms with Gasteiger partial charge in [-0.25, -0.2) is 0 Å². The second-order valence-corrected chi connectivity index (χ2v) is 6.33. The second kappa shape index (κ2) is 7.15. The van der Waals surface area contributed by atoms with Crippen LogP contribution >= 0.6 is 43.5 Å². The Labute approximate surface area is 143 Å². The molecule has 110 valence electrons. The monoisotopic (exact) mass is 432 g/mol. The van der Waals surface area contributed by atoms with Crippen LogP contribution in [0.3, 0.4) is 0 Å². The molecule has 21 heavy (non-hydrogen) atoms. The van der Waals surface area contributed by atoms with Gasteiger partial charge in [-0.2, -0.15) is 0 Å². The van der Waals surface area contributed by atoms with Gasteiger partial charge in [0.25, 0.3) is 5.91 Å². The standard InChI is InChI=1S/C14H11Br2ClN2O2/c15-8-1-4-13(11(17)5-8)21-7-14(20)19-12-3-2-9(18)6-10(12)16/h1-6H,7,18H2,(H,19,20). The van der Waals surface area contributed by atoms with Crippen molar-refractivity contribution in [1.29, 1.82) is 0 Å². The minimum Gasteiger partial charge on any atom is -0.482 e. The van der Waals surface area contributed by atoms with Gasteiger partial charge >= 0.3 is 0 Å². The maximum Gasteiger partial charge on any atom is 0.262 e. The first-order chi connectivity index (χ1) is 9.95. The van der Waals surface area contributed by atoms with Gasteiger partial charge in [0.2, 0.25) is 0 Å². The number of ether oxygens (including phenoxy) is 1. The van der Waals surface area contributed by atoms with E-state index in [1.165, 1.54) is 0 Å². The quantitative estimate of drug-likeness (QED) is 0.698. The highest BCUT2D eigenvalue weighted by molar-refractivity contribution is 9.10. The number of amides is 1. The van der Waals surface area contributed by atoms with E-state index in [9.17, 15) is 4.79 Å². The summed E-state index contributed by atoms with van der Waals surface area (Å²) < 4.78 is 6.93. The molecule has 1 amide bonds. The summed E-state index contributed by atoms with van der Waals surface area (Å²) in [5.41, 5.74) is 6.87. The number of nitrogens with two attached hydrogens (primary N) is 1. The molecule has 7 heteroatoms. The van der Waals surface area contributed by atoms with Gasteiger partial charge in [-0.05, 0) is 52.3 Å². The summed E-state index contributed by atoms with van der Waals surface area (Å²) in [6, 6.07) is 10.3. The van der Waals surface area contributed by atoms with Crippen LogP contribution in [0.4, 0.5) is 11.4 Å². The predicted molar refractivity (Wildman–Crippen MR) is 91.8 cm³/mol. The number of nitrogen functional groups attached to an aromatic ring is 1. The highest BCUT2D eigenvalue weighted by atomic mass is 79.9. The molecule has 2 aromatic carbocycles. The van der Waals surface area contributed by atoms with E-state index in [4.69, 9.17) is 22.1 Å². The summed E-state index contributed by atoms with van der Waals surface area (Å²) in [5, 5.41) is 3.16. The fourth-order valence-corrected chi connectivity index (χ4v) is 2.78. The summed E-state index contributed by atoms with van der Waals surface area (Å²) in [5.74, 6) is 0.158. The number of benzene rings is 2. The van der Waals surface area contributed by atoms with Crippen molar-refractivity contribution in [3.05, 3.63) is 50.4 Å². The Bertz CT molecular complexity index is 680. The van der Waals surface area contributed by atoms with Gasteiger partial charge in [-0.3, -0.25) is 4.79 Å². The van der Waals surface area contributed by atoms with Crippen LogP contribution < -0.4 is 15.8 Å². The highest BCUT2D eigenvalue weighted by Crippen LogP contribution is 2.28. The summed E-state index contributed by atoms with van der Waals surface area (Å²) in [7, 11) is 0. The van der Waals surface area contributed by atoms with Gasteiger partial charge in [0, 0.05) is 14.6 Å². The molecule has 0 spiro atoms. The topological polar surface area (TPSA) is 64.3 Å². The number of nitrogens with one attached hydrogen (secondary N) is 1. The number of rotatable bonds is 4. The van der Waals surface area contributed by atoms with Crippen LogP contribution in [-0.2, 0) is 4.79 Å². The molecule has 0 bridgehead atoms. The molecule has 0 unspecified atom stereocenters. The number of carbonyl (C=O) groups excluding carboxylic acids is 1. The molecule has 0 atom stereocenters. The molecule has 0 radical (unpaired) electrons. The van der Waals surface area contributed by atoms with Crippen molar-refractivity contribution in [2.24, 2.45) is 0 Å². The maximum absolute atomic E-state index is 11.9. The van der Waals surface area contributed by atoms with Crippen LogP contribution in [0, 0.1) is 0 Å². The summed E-state index contributed by atoms with van der Waals surface area (Å²) in [6.07, 6.45) is 0. The Hall–Kier alpha value is -1.24. The van der Waals surface area contributed by atoms with Crippen LogP contribution in [0.25, 0.3) is 0 Å². The first-order valence-corrected chi connectivity index (χ1v) is 7.85. The van der Waals surface area contributed by atoms with E-state index in [0.717, 1.165) is 4.47 Å². The molecule has 2 rings (SSSR count). The molecule has 0 aliphatic rings. The zero-order chi connectivity index (χ0) is 15.4. The summed E-state index contributed by atoms with van der Waals surface area (Å²) in [6.45, 7) is -0.141. The fourth-order valence-electron chi connectivity index (χ4n) is 1.55. The first-order valence-electron chi connectivity index (χ1n) is 5.88. The molecular weight excluding hydrogens is 423 g/mol. The Morgan fingerprint density at radius 3 is 2.67 bits per heavy atom. The van der Waals surface area contributed by atoms with Crippen molar-refractivity contribution in [2.45, 2.75) is 0 Å². The molecule has 3 N–H and O–H groups in total. The minimum absolute atomic E-state index is 0.141. The van der Waals surface area contributed by atoms with E-state index in [1.54, 1.807) is 36.4 Å². The SMILES string of the molecule is Nc1ccc(NC(=O)COc2ccc(Br)cc2Cl)c(Br)c1. The van der Waals surface area contributed by atoms with Crippen LogP contribution in [-0.4, -0.2) is 12.5 Å². The summed E-state index contributed by atoms with van der Waals surface area (Å²) in [4.78, 5) is 11.9. The third-order valence-corrected chi connectivity index (χ3v) is 3.96. The van der Waals surface area contributed by atoms with E-state index in [-0.39, 0.29) is 12.5 Å². The second-order valence-electron chi connectivity index (χ2n) is 4.15. The number of hydrogen-bond acceptors (Lipinski definition) is 3. The third-order valence-electron chi connectivity index (χ3n) is 2.52. The van der Waals surface area contributed by atoms with Crippen LogP contribution in [0.1, 0.15) is 0 Å². The van der Waals surface area contributed by atoms with Gasteiger partial charge in [0.1, 0.15) is 5.75 Å². The van der Waals surface area contributed by atoms with Crippen molar-refractivity contribution < 1.29 is 9.53 Å². The van der Waals surface area contributed by atoms with Gasteiger partial charge in [-0.15, -0.1) is 0 Å². The fraction of sp³-hybridized carbons (Fsp3) is 0.0714. The first kappa shape index (κ1) is 16.1. The number of hydrogen-bond donors (Lipinski definition) is 2. The normalized spacial score (nSPS) is 10.2. The Morgan fingerprint density at radius 1 is 1.24 bits per heavy atom. The van der Waals surface area contributed by atoms with Gasteiger partial charge in [0.15, 0.2) is 6.61 Å². The highest BCUT2D eigenvalue weighted by Gasteiger charge is 2.08. The predicted octanol–water partition coefficient (Wildman–Crippen LogP) is 4.46. The Kier molecular flexibility index (Phi) is 5.50. The van der Waals surface area contributed by atoms with Crippen molar-refractivity contribution in [1.82, 2.24) is 0 Å². The van der Waals surface area contributed by atoms with Crippen LogP contribution in [0.5, 0.6) is 5.75 Å². The lowest BCUT2D eigenvalue weighted by Crippen LogP contribution is -2.20. The minimum atomic E-state index is -0.292. The molecule has 0 aliphatic heterocycles. The third kappa shape index (κ3) is 4.62. The number of carbonyl (C=O) groups is 1. The molecule has 0 saturated carbocycles. The molecule has 2 aromatic rings. The maximum atomic E-state index is 11.9. The van der Waals surface area contributed by atoms with E-state index in [2.05, 4.69) is 37.2 Å². The van der Waals surface area contributed by atoms with Gasteiger partial charge in [0.05, 0.1) is 10.7 Å². The number of halogens is 3. The van der Waals surface area contributed by atoms with E-state index < -0.39 is 0 Å². The Balaban J connectivity index is 1.96. The van der Waals surface area contributed by atoms with Crippen molar-refractivity contribution in [2.75, 3.05) is 17.7 Å². The van der Waals surface area contributed by atoms with Crippen LogP contribution in [0.15, 0.2) is 45.3 Å². The summed E-state index contributed by atoms with van der Waals surface area (Å²) >= 11 is 12.6. The van der Waals surface area contributed by atoms with E-state index in [0.29, 0.717) is 26.6 Å². The van der Waals surface area contributed by atoms with Crippen molar-refractivity contribution >= 4 is 60.7 Å². The van der Waals surface area contributed by atoms with Gasteiger partial charge < -0.3 is 15.8 Å². The lowest BCUT2D eigenvalue weighted by atomic mass is 10.3.